The molecule has 1 saturated carbocycles. The number of ether oxygens (including phenoxy) is 1. The zero-order valence-corrected chi connectivity index (χ0v) is 19.8. The third kappa shape index (κ3) is 5.55. The van der Waals surface area contributed by atoms with Gasteiger partial charge in [-0.1, -0.05) is 33.1 Å². The van der Waals surface area contributed by atoms with E-state index < -0.39 is 0 Å². The number of aryl methyl sites for hydroxylation is 1. The Morgan fingerprint density at radius 3 is 2.60 bits per heavy atom. The Labute approximate surface area is 182 Å². The van der Waals surface area contributed by atoms with Crippen LogP contribution in [-0.2, 0) is 18.3 Å². The number of hydrogen-bond acceptors (Lipinski definition) is 4. The molecule has 0 radical (unpaired) electrons. The molecule has 1 aliphatic carbocycles. The van der Waals surface area contributed by atoms with Crippen molar-refractivity contribution in [2.24, 2.45) is 12.0 Å². The maximum atomic E-state index is 5.63. The van der Waals surface area contributed by atoms with Crippen molar-refractivity contribution in [3.63, 3.8) is 0 Å². The van der Waals surface area contributed by atoms with Gasteiger partial charge in [0, 0.05) is 57.6 Å². The Morgan fingerprint density at radius 1 is 1.27 bits per heavy atom. The molecule has 2 heterocycles. The molecule has 1 aliphatic heterocycles. The lowest BCUT2D eigenvalue weighted by Gasteiger charge is -2.47. The Hall–Kier alpha value is -1.60. The molecule has 7 heteroatoms. The van der Waals surface area contributed by atoms with Crippen molar-refractivity contribution < 1.29 is 4.74 Å². The second kappa shape index (κ2) is 10.6. The summed E-state index contributed by atoms with van der Waals surface area (Å²) >= 11 is 0. The van der Waals surface area contributed by atoms with Crippen LogP contribution in [0.5, 0.6) is 0 Å². The number of aromatic nitrogens is 2. The predicted octanol–water partition coefficient (Wildman–Crippen LogP) is 2.98. The van der Waals surface area contributed by atoms with Gasteiger partial charge in [-0.2, -0.15) is 5.10 Å². The molecule has 0 unspecified atom stereocenters. The van der Waals surface area contributed by atoms with Crippen LogP contribution in [0.1, 0.15) is 70.1 Å². The van der Waals surface area contributed by atoms with Crippen molar-refractivity contribution in [2.45, 2.75) is 70.9 Å². The van der Waals surface area contributed by atoms with Gasteiger partial charge in [-0.3, -0.25) is 14.6 Å². The van der Waals surface area contributed by atoms with Crippen LogP contribution in [0, 0.1) is 0 Å². The summed E-state index contributed by atoms with van der Waals surface area (Å²) in [6, 6.07) is 0. The van der Waals surface area contributed by atoms with E-state index in [0.29, 0.717) is 5.92 Å². The first-order chi connectivity index (χ1) is 14.4. The van der Waals surface area contributed by atoms with E-state index in [9.17, 15) is 0 Å². The summed E-state index contributed by atoms with van der Waals surface area (Å²) < 4.78 is 7.56. The Kier molecular flexibility index (Phi) is 8.17. The molecule has 0 atom stereocenters. The summed E-state index contributed by atoms with van der Waals surface area (Å²) in [4.78, 5) is 10.1. The molecule has 0 amide bonds. The maximum Gasteiger partial charge on any atom is 0.194 e. The topological polar surface area (TPSA) is 57.9 Å². The lowest BCUT2D eigenvalue weighted by Crippen LogP contribution is -2.56. The van der Waals surface area contributed by atoms with Gasteiger partial charge in [0.05, 0.1) is 25.5 Å². The SMILES string of the molecule is CCNC(=NCC1(N2CCOCC2)CCCCC1)N(C)Cc1cn(C)nc1C(C)C. The first-order valence-corrected chi connectivity index (χ1v) is 11.8. The number of rotatable bonds is 7. The molecule has 1 aromatic rings. The van der Waals surface area contributed by atoms with Crippen LogP contribution in [0.2, 0.25) is 0 Å². The highest BCUT2D eigenvalue weighted by molar-refractivity contribution is 5.79. The van der Waals surface area contributed by atoms with Gasteiger partial charge in [0.15, 0.2) is 5.96 Å². The van der Waals surface area contributed by atoms with Crippen molar-refractivity contribution in [3.8, 4) is 0 Å². The molecule has 1 aromatic heterocycles. The van der Waals surface area contributed by atoms with Crippen molar-refractivity contribution in [1.82, 2.24) is 24.9 Å². The summed E-state index contributed by atoms with van der Waals surface area (Å²) in [6.45, 7) is 12.9. The zero-order valence-electron chi connectivity index (χ0n) is 19.8. The molecule has 30 heavy (non-hydrogen) atoms. The Bertz CT molecular complexity index is 686. The van der Waals surface area contributed by atoms with Gasteiger partial charge in [-0.05, 0) is 25.7 Å². The largest absolute Gasteiger partial charge is 0.379 e. The minimum absolute atomic E-state index is 0.195. The van der Waals surface area contributed by atoms with Gasteiger partial charge in [-0.15, -0.1) is 0 Å². The van der Waals surface area contributed by atoms with Crippen LogP contribution in [0.25, 0.3) is 0 Å². The molecule has 0 bridgehead atoms. The van der Waals surface area contributed by atoms with Gasteiger partial charge in [-0.25, -0.2) is 0 Å². The monoisotopic (exact) mass is 418 g/mol. The average Bonchev–Trinajstić information content (AvgIpc) is 3.12. The number of guanidine groups is 1. The minimum atomic E-state index is 0.195. The molecular formula is C23H42N6O. The first-order valence-electron chi connectivity index (χ1n) is 11.8. The second-order valence-corrected chi connectivity index (χ2v) is 9.28. The van der Waals surface area contributed by atoms with E-state index in [-0.39, 0.29) is 5.54 Å². The maximum absolute atomic E-state index is 5.63. The number of nitrogens with one attached hydrogen (secondary N) is 1. The number of morpholine rings is 1. The third-order valence-corrected chi connectivity index (χ3v) is 6.58. The van der Waals surface area contributed by atoms with Gasteiger partial charge >= 0.3 is 0 Å². The van der Waals surface area contributed by atoms with Crippen molar-refractivity contribution in [1.29, 1.82) is 0 Å². The van der Waals surface area contributed by atoms with E-state index >= 15 is 0 Å². The van der Waals surface area contributed by atoms with Crippen LogP contribution in [0.15, 0.2) is 11.2 Å². The van der Waals surface area contributed by atoms with E-state index in [4.69, 9.17) is 9.73 Å². The van der Waals surface area contributed by atoms with E-state index in [0.717, 1.165) is 51.9 Å². The molecule has 2 fully saturated rings. The van der Waals surface area contributed by atoms with E-state index in [1.807, 2.05) is 11.7 Å². The van der Waals surface area contributed by atoms with Crippen molar-refractivity contribution >= 4 is 5.96 Å². The van der Waals surface area contributed by atoms with Crippen LogP contribution < -0.4 is 5.32 Å². The highest BCUT2D eigenvalue weighted by Crippen LogP contribution is 2.34. The lowest BCUT2D eigenvalue weighted by atomic mass is 9.80. The Balaban J connectivity index is 1.76. The molecule has 7 nitrogen and oxygen atoms in total. The second-order valence-electron chi connectivity index (χ2n) is 9.28. The average molecular weight is 419 g/mol. The van der Waals surface area contributed by atoms with E-state index in [1.165, 1.54) is 43.4 Å². The quantitative estimate of drug-likeness (QED) is 0.545. The molecule has 0 spiro atoms. The van der Waals surface area contributed by atoms with Crippen molar-refractivity contribution in [3.05, 3.63) is 17.5 Å². The van der Waals surface area contributed by atoms with Gasteiger partial charge in [0.25, 0.3) is 0 Å². The molecule has 1 saturated heterocycles. The smallest absolute Gasteiger partial charge is 0.194 e. The first kappa shape index (κ1) is 23.1. The van der Waals surface area contributed by atoms with Gasteiger partial charge in [0.1, 0.15) is 0 Å². The van der Waals surface area contributed by atoms with Crippen LogP contribution >= 0.6 is 0 Å². The standard InChI is InChI=1S/C23H42N6O/c1-6-24-22(27(4)16-20-17-28(5)26-21(20)19(2)3)25-18-23(10-8-7-9-11-23)29-12-14-30-15-13-29/h17,19H,6-16,18H2,1-5H3,(H,24,25). The fraction of sp³-hybridized carbons (Fsp3) is 0.826. The normalized spacial score (nSPS) is 20.5. The van der Waals surface area contributed by atoms with E-state index in [1.54, 1.807) is 0 Å². The number of aliphatic imine (C=N–C) groups is 1. The number of nitrogens with zero attached hydrogens (tertiary/aromatic N) is 5. The van der Waals surface area contributed by atoms with Crippen LogP contribution in [-0.4, -0.2) is 77.5 Å². The molecular weight excluding hydrogens is 376 g/mol. The fourth-order valence-electron chi connectivity index (χ4n) is 5.01. The van der Waals surface area contributed by atoms with E-state index in [2.05, 4.69) is 54.2 Å². The van der Waals surface area contributed by atoms with Gasteiger partial charge in [0.2, 0.25) is 0 Å². The highest BCUT2D eigenvalue weighted by atomic mass is 16.5. The van der Waals surface area contributed by atoms with Crippen molar-refractivity contribution in [2.75, 3.05) is 46.4 Å². The third-order valence-electron chi connectivity index (χ3n) is 6.58. The number of hydrogen-bond donors (Lipinski definition) is 1. The van der Waals surface area contributed by atoms with Gasteiger partial charge < -0.3 is 15.0 Å². The summed E-state index contributed by atoms with van der Waals surface area (Å²) in [5, 5.41) is 8.19. The minimum Gasteiger partial charge on any atom is -0.379 e. The molecule has 170 valence electrons. The molecule has 1 N–H and O–H groups in total. The summed E-state index contributed by atoms with van der Waals surface area (Å²) in [6.07, 6.45) is 8.62. The van der Waals surface area contributed by atoms with Crippen LogP contribution in [0.4, 0.5) is 0 Å². The fourth-order valence-corrected chi connectivity index (χ4v) is 5.01. The Morgan fingerprint density at radius 2 is 1.97 bits per heavy atom. The molecule has 3 rings (SSSR count). The lowest BCUT2D eigenvalue weighted by molar-refractivity contribution is -0.0334. The molecule has 0 aromatic carbocycles. The summed E-state index contributed by atoms with van der Waals surface area (Å²) in [5.74, 6) is 1.41. The molecule has 2 aliphatic rings. The summed E-state index contributed by atoms with van der Waals surface area (Å²) in [7, 11) is 4.14. The van der Waals surface area contributed by atoms with Crippen LogP contribution in [0.3, 0.4) is 0 Å². The highest BCUT2D eigenvalue weighted by Gasteiger charge is 2.38. The predicted molar refractivity (Wildman–Crippen MR) is 123 cm³/mol. The summed E-state index contributed by atoms with van der Waals surface area (Å²) in [5.41, 5.74) is 2.65. The zero-order chi connectivity index (χ0) is 21.6.